The molecular formula is C16H23N7O2. The fourth-order valence-electron chi connectivity index (χ4n) is 2.71. The van der Waals surface area contributed by atoms with Crippen LogP contribution in [0.3, 0.4) is 0 Å². The second-order valence-corrected chi connectivity index (χ2v) is 5.63. The third-order valence-electron chi connectivity index (χ3n) is 4.03. The fraction of sp³-hybridized carbons (Fsp3) is 0.500. The first-order valence-electron chi connectivity index (χ1n) is 8.49. The highest BCUT2D eigenvalue weighted by atomic mass is 16.5. The van der Waals surface area contributed by atoms with E-state index in [1.54, 1.807) is 9.58 Å². The Labute approximate surface area is 146 Å². The number of carbonyl (C=O) groups excluding carboxylic acids is 1. The zero-order chi connectivity index (χ0) is 17.5. The summed E-state index contributed by atoms with van der Waals surface area (Å²) in [5, 5.41) is 14.9. The number of rotatable bonds is 6. The van der Waals surface area contributed by atoms with Gasteiger partial charge in [-0.15, -0.1) is 0 Å². The molecule has 134 valence electrons. The molecule has 0 radical (unpaired) electrons. The molecule has 2 heterocycles. The molecule has 0 saturated carbocycles. The molecule has 1 aromatic carbocycles. The van der Waals surface area contributed by atoms with Crippen LogP contribution in [0.15, 0.2) is 30.3 Å². The van der Waals surface area contributed by atoms with Crippen LogP contribution >= 0.6 is 0 Å². The van der Waals surface area contributed by atoms with E-state index >= 15 is 0 Å². The van der Waals surface area contributed by atoms with E-state index in [4.69, 9.17) is 4.74 Å². The van der Waals surface area contributed by atoms with Crippen molar-refractivity contribution in [2.45, 2.75) is 6.92 Å². The Morgan fingerprint density at radius 1 is 1.20 bits per heavy atom. The van der Waals surface area contributed by atoms with Gasteiger partial charge in [0.1, 0.15) is 0 Å². The van der Waals surface area contributed by atoms with Gasteiger partial charge in [0, 0.05) is 39.3 Å². The predicted molar refractivity (Wildman–Crippen MR) is 92.8 cm³/mol. The van der Waals surface area contributed by atoms with Crippen LogP contribution in [-0.2, 0) is 4.74 Å². The van der Waals surface area contributed by atoms with E-state index in [1.807, 2.05) is 37.3 Å². The molecule has 3 rings (SSSR count). The van der Waals surface area contributed by atoms with Crippen LogP contribution in [0.1, 0.15) is 6.92 Å². The van der Waals surface area contributed by atoms with Gasteiger partial charge in [0.05, 0.1) is 12.3 Å². The summed E-state index contributed by atoms with van der Waals surface area (Å²) in [6, 6.07) is 9.72. The number of anilines is 1. The van der Waals surface area contributed by atoms with E-state index in [9.17, 15) is 4.79 Å². The number of piperazine rings is 1. The van der Waals surface area contributed by atoms with Crippen LogP contribution in [-0.4, -0.2) is 77.1 Å². The molecule has 9 heteroatoms. The smallest absolute Gasteiger partial charge is 0.317 e. The topological polar surface area (TPSA) is 88.4 Å². The summed E-state index contributed by atoms with van der Waals surface area (Å²) in [7, 11) is 0. The number of ether oxygens (including phenoxy) is 1. The molecule has 0 atom stereocenters. The molecule has 1 aliphatic heterocycles. The molecule has 2 amide bonds. The van der Waals surface area contributed by atoms with Gasteiger partial charge in [0.15, 0.2) is 0 Å². The minimum atomic E-state index is -0.0537. The van der Waals surface area contributed by atoms with Crippen molar-refractivity contribution < 1.29 is 9.53 Å². The van der Waals surface area contributed by atoms with Crippen LogP contribution in [0.25, 0.3) is 5.69 Å². The monoisotopic (exact) mass is 345 g/mol. The van der Waals surface area contributed by atoms with Crippen molar-refractivity contribution in [2.75, 3.05) is 50.8 Å². The third kappa shape index (κ3) is 4.24. The van der Waals surface area contributed by atoms with Crippen molar-refractivity contribution in [1.82, 2.24) is 30.4 Å². The number of tetrazole rings is 1. The number of hydrogen-bond acceptors (Lipinski definition) is 6. The third-order valence-corrected chi connectivity index (χ3v) is 4.03. The molecular weight excluding hydrogens is 322 g/mol. The number of benzene rings is 1. The molecule has 0 aliphatic carbocycles. The number of nitrogens with zero attached hydrogens (tertiary/aromatic N) is 6. The summed E-state index contributed by atoms with van der Waals surface area (Å²) < 4.78 is 6.95. The number of amides is 2. The predicted octanol–water partition coefficient (Wildman–Crippen LogP) is 0.530. The van der Waals surface area contributed by atoms with Crippen LogP contribution in [0.4, 0.5) is 10.7 Å². The van der Waals surface area contributed by atoms with E-state index < -0.39 is 0 Å². The first kappa shape index (κ1) is 17.2. The fourth-order valence-corrected chi connectivity index (χ4v) is 2.71. The molecule has 0 unspecified atom stereocenters. The normalized spacial score (nSPS) is 14.6. The van der Waals surface area contributed by atoms with Crippen LogP contribution < -0.4 is 10.2 Å². The highest BCUT2D eigenvalue weighted by molar-refractivity contribution is 5.74. The minimum Gasteiger partial charge on any atom is -0.380 e. The maximum absolute atomic E-state index is 12.1. The van der Waals surface area contributed by atoms with Gasteiger partial charge in [-0.2, -0.15) is 4.68 Å². The first-order valence-corrected chi connectivity index (χ1v) is 8.49. The van der Waals surface area contributed by atoms with E-state index in [-0.39, 0.29) is 6.03 Å². The second-order valence-electron chi connectivity index (χ2n) is 5.63. The number of carbonyl (C=O) groups is 1. The zero-order valence-electron chi connectivity index (χ0n) is 14.3. The molecule has 9 nitrogen and oxygen atoms in total. The van der Waals surface area contributed by atoms with Gasteiger partial charge in [0.2, 0.25) is 5.95 Å². The van der Waals surface area contributed by atoms with Crippen LogP contribution in [0, 0.1) is 0 Å². The van der Waals surface area contributed by atoms with Crippen molar-refractivity contribution in [1.29, 1.82) is 0 Å². The van der Waals surface area contributed by atoms with Crippen molar-refractivity contribution in [3.05, 3.63) is 30.3 Å². The van der Waals surface area contributed by atoms with Gasteiger partial charge in [0.25, 0.3) is 0 Å². The van der Waals surface area contributed by atoms with E-state index in [0.29, 0.717) is 51.9 Å². The van der Waals surface area contributed by atoms with E-state index in [1.165, 1.54) is 0 Å². The maximum atomic E-state index is 12.1. The lowest BCUT2D eigenvalue weighted by Crippen LogP contribution is -2.52. The summed E-state index contributed by atoms with van der Waals surface area (Å²) in [5.74, 6) is 0.697. The summed E-state index contributed by atoms with van der Waals surface area (Å²) in [6.07, 6.45) is 0. The van der Waals surface area contributed by atoms with E-state index in [0.717, 1.165) is 5.69 Å². The number of para-hydroxylation sites is 1. The molecule has 0 bridgehead atoms. The average Bonchev–Trinajstić information content (AvgIpc) is 3.16. The quantitative estimate of drug-likeness (QED) is 0.769. The molecule has 1 aromatic heterocycles. The lowest BCUT2D eigenvalue weighted by atomic mass is 10.3. The highest BCUT2D eigenvalue weighted by Gasteiger charge is 2.24. The molecule has 0 spiro atoms. The van der Waals surface area contributed by atoms with Crippen molar-refractivity contribution >= 4 is 12.0 Å². The Morgan fingerprint density at radius 3 is 2.68 bits per heavy atom. The summed E-state index contributed by atoms with van der Waals surface area (Å²) in [4.78, 5) is 16.0. The lowest BCUT2D eigenvalue weighted by molar-refractivity contribution is 0.145. The molecule has 1 aliphatic rings. The van der Waals surface area contributed by atoms with E-state index in [2.05, 4.69) is 25.7 Å². The molecule has 25 heavy (non-hydrogen) atoms. The lowest BCUT2D eigenvalue weighted by Gasteiger charge is -2.34. The highest BCUT2D eigenvalue weighted by Crippen LogP contribution is 2.16. The summed E-state index contributed by atoms with van der Waals surface area (Å²) in [6.45, 7) is 6.28. The van der Waals surface area contributed by atoms with Crippen LogP contribution in [0.2, 0.25) is 0 Å². The average molecular weight is 345 g/mol. The first-order chi connectivity index (χ1) is 12.3. The second kappa shape index (κ2) is 8.43. The van der Waals surface area contributed by atoms with Crippen molar-refractivity contribution in [2.24, 2.45) is 0 Å². The zero-order valence-corrected chi connectivity index (χ0v) is 14.3. The Bertz CT molecular complexity index is 668. The van der Waals surface area contributed by atoms with Crippen molar-refractivity contribution in [3.8, 4) is 5.69 Å². The molecule has 2 aromatic rings. The Morgan fingerprint density at radius 2 is 1.96 bits per heavy atom. The Kier molecular flexibility index (Phi) is 5.78. The van der Waals surface area contributed by atoms with Gasteiger partial charge in [-0.25, -0.2) is 4.79 Å². The maximum Gasteiger partial charge on any atom is 0.317 e. The SMILES string of the molecule is CCOCCNC(=O)N1CCN(c2nnnn2-c2ccccc2)CC1. The Hall–Kier alpha value is -2.68. The molecule has 1 fully saturated rings. The number of aromatic nitrogens is 4. The van der Waals surface area contributed by atoms with Gasteiger partial charge in [-0.3, -0.25) is 0 Å². The molecule has 1 N–H and O–H groups in total. The summed E-state index contributed by atoms with van der Waals surface area (Å²) >= 11 is 0. The number of urea groups is 1. The minimum absolute atomic E-state index is 0.0537. The Balaban J connectivity index is 1.55. The van der Waals surface area contributed by atoms with Crippen molar-refractivity contribution in [3.63, 3.8) is 0 Å². The van der Waals surface area contributed by atoms with Gasteiger partial charge in [-0.1, -0.05) is 23.3 Å². The van der Waals surface area contributed by atoms with Gasteiger partial charge >= 0.3 is 6.03 Å². The summed E-state index contributed by atoms with van der Waals surface area (Å²) in [5.41, 5.74) is 0.915. The largest absolute Gasteiger partial charge is 0.380 e. The molecule has 1 saturated heterocycles. The van der Waals surface area contributed by atoms with Crippen LogP contribution in [0.5, 0.6) is 0 Å². The number of nitrogens with one attached hydrogen (secondary N) is 1. The standard InChI is InChI=1S/C16H23N7O2/c1-2-25-13-8-17-16(24)22-11-9-21(10-12-22)15-18-19-20-23(15)14-6-4-3-5-7-14/h3-7H,2,8-13H2,1H3,(H,17,24). The van der Waals surface area contributed by atoms with Gasteiger partial charge in [-0.05, 0) is 29.5 Å². The van der Waals surface area contributed by atoms with Gasteiger partial charge < -0.3 is 19.9 Å². The number of hydrogen-bond donors (Lipinski definition) is 1.